The minimum atomic E-state index is -3.80. The molecule has 2 aromatic carbocycles. The molecule has 152 valence electrons. The fourth-order valence-electron chi connectivity index (χ4n) is 2.87. The average Bonchev–Trinajstić information content (AvgIpc) is 2.65. The maximum atomic E-state index is 12.7. The second-order valence-electron chi connectivity index (χ2n) is 7.14. The van der Waals surface area contributed by atoms with Crippen molar-refractivity contribution in [3.63, 3.8) is 0 Å². The zero-order valence-electron chi connectivity index (χ0n) is 16.8. The van der Waals surface area contributed by atoms with Gasteiger partial charge in [0, 0.05) is 19.3 Å². The molecule has 0 aromatic heterocycles. The van der Waals surface area contributed by atoms with E-state index in [4.69, 9.17) is 0 Å². The number of aromatic carboxylic acids is 1. The molecular formula is C21H28N2O4S. The van der Waals surface area contributed by atoms with E-state index in [1.54, 1.807) is 36.4 Å². The van der Waals surface area contributed by atoms with E-state index >= 15 is 0 Å². The Morgan fingerprint density at radius 2 is 1.79 bits per heavy atom. The standard InChI is InChI=1S/C21H28N2O4S/c1-5-6-13-23(4)20-12-9-17(14-19(20)21(24)25)22-28(26,27)18-10-7-16(8-11-18)15(2)3/h7-12,14-15,22H,5-6,13H2,1-4H3,(H,24,25). The number of sulfonamides is 1. The summed E-state index contributed by atoms with van der Waals surface area (Å²) in [7, 11) is -1.97. The van der Waals surface area contributed by atoms with Crippen LogP contribution >= 0.6 is 0 Å². The highest BCUT2D eigenvalue weighted by Crippen LogP contribution is 2.26. The van der Waals surface area contributed by atoms with E-state index in [9.17, 15) is 18.3 Å². The van der Waals surface area contributed by atoms with Crippen LogP contribution in [0.4, 0.5) is 11.4 Å². The summed E-state index contributed by atoms with van der Waals surface area (Å²) in [4.78, 5) is 13.7. The molecule has 28 heavy (non-hydrogen) atoms. The van der Waals surface area contributed by atoms with Crippen LogP contribution in [0.5, 0.6) is 0 Å². The SMILES string of the molecule is CCCCN(C)c1ccc(NS(=O)(=O)c2ccc(C(C)C)cc2)cc1C(=O)O. The zero-order valence-corrected chi connectivity index (χ0v) is 17.6. The molecule has 0 aliphatic carbocycles. The Morgan fingerprint density at radius 3 is 2.32 bits per heavy atom. The quantitative estimate of drug-likeness (QED) is 0.640. The zero-order chi connectivity index (χ0) is 20.9. The summed E-state index contributed by atoms with van der Waals surface area (Å²) < 4.78 is 27.8. The predicted molar refractivity (Wildman–Crippen MR) is 113 cm³/mol. The van der Waals surface area contributed by atoms with Crippen molar-refractivity contribution in [2.45, 2.75) is 44.4 Å². The molecule has 0 aliphatic rings. The van der Waals surface area contributed by atoms with Gasteiger partial charge in [-0.1, -0.05) is 39.3 Å². The molecule has 2 N–H and O–H groups in total. The van der Waals surface area contributed by atoms with Crippen LogP contribution in [0.25, 0.3) is 0 Å². The molecule has 0 saturated carbocycles. The smallest absolute Gasteiger partial charge is 0.337 e. The van der Waals surface area contributed by atoms with Gasteiger partial charge in [0.2, 0.25) is 0 Å². The molecule has 2 rings (SSSR count). The number of carbonyl (C=O) groups is 1. The van der Waals surface area contributed by atoms with Crippen LogP contribution in [0.1, 0.15) is 55.5 Å². The lowest BCUT2D eigenvalue weighted by Gasteiger charge is -2.21. The summed E-state index contributed by atoms with van der Waals surface area (Å²) in [6.07, 6.45) is 1.94. The number of carboxylic acids is 1. The predicted octanol–water partition coefficient (Wildman–Crippen LogP) is 4.55. The Hall–Kier alpha value is -2.54. The monoisotopic (exact) mass is 404 g/mol. The number of hydrogen-bond acceptors (Lipinski definition) is 4. The van der Waals surface area contributed by atoms with Crippen LogP contribution in [0.2, 0.25) is 0 Å². The van der Waals surface area contributed by atoms with Gasteiger partial charge < -0.3 is 10.0 Å². The van der Waals surface area contributed by atoms with Crippen LogP contribution in [-0.4, -0.2) is 33.1 Å². The fraction of sp³-hybridized carbons (Fsp3) is 0.381. The molecule has 6 nitrogen and oxygen atoms in total. The van der Waals surface area contributed by atoms with E-state index in [-0.39, 0.29) is 16.1 Å². The molecule has 0 aliphatic heterocycles. The molecule has 0 atom stereocenters. The van der Waals surface area contributed by atoms with Gasteiger partial charge in [0.25, 0.3) is 10.0 Å². The van der Waals surface area contributed by atoms with Crippen molar-refractivity contribution in [1.29, 1.82) is 0 Å². The summed E-state index contributed by atoms with van der Waals surface area (Å²) in [6, 6.07) is 11.3. The van der Waals surface area contributed by atoms with E-state index in [1.807, 2.05) is 25.8 Å². The number of unbranched alkanes of at least 4 members (excludes halogenated alkanes) is 1. The molecule has 2 aromatic rings. The Kier molecular flexibility index (Phi) is 7.07. The van der Waals surface area contributed by atoms with Gasteiger partial charge in [-0.05, 0) is 48.2 Å². The lowest BCUT2D eigenvalue weighted by atomic mass is 10.0. The average molecular weight is 405 g/mol. The number of benzene rings is 2. The van der Waals surface area contributed by atoms with Crippen molar-refractivity contribution in [3.8, 4) is 0 Å². The minimum Gasteiger partial charge on any atom is -0.478 e. The molecule has 7 heteroatoms. The first-order valence-electron chi connectivity index (χ1n) is 9.37. The molecular weight excluding hydrogens is 376 g/mol. The first kappa shape index (κ1) is 21.8. The van der Waals surface area contributed by atoms with Crippen molar-refractivity contribution in [1.82, 2.24) is 0 Å². The van der Waals surface area contributed by atoms with Crippen LogP contribution in [0, 0.1) is 0 Å². The molecule has 0 fully saturated rings. The van der Waals surface area contributed by atoms with Gasteiger partial charge in [-0.15, -0.1) is 0 Å². The maximum Gasteiger partial charge on any atom is 0.337 e. The first-order valence-corrected chi connectivity index (χ1v) is 10.8. The number of hydrogen-bond donors (Lipinski definition) is 2. The number of nitrogens with zero attached hydrogens (tertiary/aromatic N) is 1. The van der Waals surface area contributed by atoms with Crippen LogP contribution in [0.3, 0.4) is 0 Å². The van der Waals surface area contributed by atoms with Gasteiger partial charge in [0.1, 0.15) is 0 Å². The van der Waals surface area contributed by atoms with E-state index in [0.29, 0.717) is 11.6 Å². The summed E-state index contributed by atoms with van der Waals surface area (Å²) >= 11 is 0. The van der Waals surface area contributed by atoms with Crippen molar-refractivity contribution in [2.75, 3.05) is 23.2 Å². The lowest BCUT2D eigenvalue weighted by molar-refractivity contribution is 0.0697. The number of carboxylic acid groups (broad SMARTS) is 1. The highest BCUT2D eigenvalue weighted by Gasteiger charge is 2.18. The Balaban J connectivity index is 2.29. The largest absolute Gasteiger partial charge is 0.478 e. The molecule has 0 bridgehead atoms. The molecule has 0 radical (unpaired) electrons. The second kappa shape index (κ2) is 9.10. The Labute approximate surface area is 167 Å². The Morgan fingerprint density at radius 1 is 1.14 bits per heavy atom. The van der Waals surface area contributed by atoms with Gasteiger partial charge in [0.15, 0.2) is 0 Å². The topological polar surface area (TPSA) is 86.7 Å². The third-order valence-electron chi connectivity index (χ3n) is 4.59. The number of anilines is 2. The lowest BCUT2D eigenvalue weighted by Crippen LogP contribution is -2.21. The summed E-state index contributed by atoms with van der Waals surface area (Å²) in [5.74, 6) is -0.791. The van der Waals surface area contributed by atoms with Crippen molar-refractivity contribution < 1.29 is 18.3 Å². The highest BCUT2D eigenvalue weighted by molar-refractivity contribution is 7.92. The van der Waals surface area contributed by atoms with Crippen molar-refractivity contribution in [3.05, 3.63) is 53.6 Å². The van der Waals surface area contributed by atoms with E-state index in [2.05, 4.69) is 11.6 Å². The molecule has 0 unspecified atom stereocenters. The highest BCUT2D eigenvalue weighted by atomic mass is 32.2. The molecule has 0 saturated heterocycles. The number of rotatable bonds is 9. The molecule has 0 heterocycles. The minimum absolute atomic E-state index is 0.0639. The molecule has 0 spiro atoms. The van der Waals surface area contributed by atoms with Gasteiger partial charge in [0.05, 0.1) is 16.1 Å². The van der Waals surface area contributed by atoms with E-state index in [1.165, 1.54) is 6.07 Å². The normalized spacial score (nSPS) is 11.5. The summed E-state index contributed by atoms with van der Waals surface area (Å²) in [5, 5.41) is 9.56. The van der Waals surface area contributed by atoms with Crippen LogP contribution < -0.4 is 9.62 Å². The van der Waals surface area contributed by atoms with E-state index < -0.39 is 16.0 Å². The Bertz CT molecular complexity index is 922. The van der Waals surface area contributed by atoms with Crippen molar-refractivity contribution in [2.24, 2.45) is 0 Å². The van der Waals surface area contributed by atoms with Gasteiger partial charge in [-0.25, -0.2) is 13.2 Å². The third-order valence-corrected chi connectivity index (χ3v) is 5.99. The van der Waals surface area contributed by atoms with Crippen molar-refractivity contribution >= 4 is 27.4 Å². The van der Waals surface area contributed by atoms with Gasteiger partial charge >= 0.3 is 5.97 Å². The van der Waals surface area contributed by atoms with Crippen LogP contribution in [0.15, 0.2) is 47.4 Å². The molecule has 0 amide bonds. The number of nitrogens with one attached hydrogen (secondary N) is 1. The third kappa shape index (κ3) is 5.25. The first-order chi connectivity index (χ1) is 13.2. The van der Waals surface area contributed by atoms with E-state index in [0.717, 1.165) is 24.9 Å². The van der Waals surface area contributed by atoms with Gasteiger partial charge in [-0.2, -0.15) is 0 Å². The fourth-order valence-corrected chi connectivity index (χ4v) is 3.91. The maximum absolute atomic E-state index is 12.7. The second-order valence-corrected chi connectivity index (χ2v) is 8.82. The summed E-state index contributed by atoms with van der Waals surface area (Å²) in [5.41, 5.74) is 1.89. The van der Waals surface area contributed by atoms with Gasteiger partial charge in [-0.3, -0.25) is 4.72 Å². The van der Waals surface area contributed by atoms with Crippen LogP contribution in [-0.2, 0) is 10.0 Å². The summed E-state index contributed by atoms with van der Waals surface area (Å²) in [6.45, 7) is 6.87.